The fraction of sp³-hybridized carbons (Fsp3) is 0.591. The molecule has 7 heteroatoms. The minimum Gasteiger partial charge on any atom is -0.489 e. The van der Waals surface area contributed by atoms with Gasteiger partial charge < -0.3 is 9.64 Å². The van der Waals surface area contributed by atoms with Crippen LogP contribution in [0.15, 0.2) is 18.2 Å². The molecule has 3 aliphatic rings. The van der Waals surface area contributed by atoms with Crippen molar-refractivity contribution in [3.63, 3.8) is 0 Å². The number of carbonyl (C=O) groups excluding carboxylic acids is 3. The summed E-state index contributed by atoms with van der Waals surface area (Å²) < 4.78 is 6.35. The lowest BCUT2D eigenvalue weighted by Crippen LogP contribution is -2.52. The van der Waals surface area contributed by atoms with Gasteiger partial charge in [-0.25, -0.2) is 0 Å². The van der Waals surface area contributed by atoms with Gasteiger partial charge in [0.25, 0.3) is 5.91 Å². The van der Waals surface area contributed by atoms with Gasteiger partial charge in [0, 0.05) is 24.6 Å². The van der Waals surface area contributed by atoms with Gasteiger partial charge in [0.2, 0.25) is 11.8 Å². The summed E-state index contributed by atoms with van der Waals surface area (Å²) in [5, 5.41) is 2.34. The third kappa shape index (κ3) is 3.75. The second kappa shape index (κ2) is 8.14. The van der Waals surface area contributed by atoms with Crippen LogP contribution in [0.5, 0.6) is 5.75 Å². The van der Waals surface area contributed by atoms with Gasteiger partial charge in [0.1, 0.15) is 17.9 Å². The molecule has 0 spiro atoms. The number of ether oxygens (including phenoxy) is 1. The van der Waals surface area contributed by atoms with E-state index in [0.717, 1.165) is 37.2 Å². The van der Waals surface area contributed by atoms with Crippen LogP contribution in [0.4, 0.5) is 0 Å². The topological polar surface area (TPSA) is 79.0 Å². The van der Waals surface area contributed by atoms with E-state index >= 15 is 0 Å². The molecule has 1 aliphatic carbocycles. The lowest BCUT2D eigenvalue weighted by Gasteiger charge is -2.31. The van der Waals surface area contributed by atoms with Gasteiger partial charge in [-0.3, -0.25) is 24.6 Å². The van der Waals surface area contributed by atoms with E-state index in [2.05, 4.69) is 24.1 Å². The van der Waals surface area contributed by atoms with E-state index in [-0.39, 0.29) is 30.2 Å². The van der Waals surface area contributed by atoms with Crippen LogP contribution in [0.25, 0.3) is 0 Å². The minimum absolute atomic E-state index is 0.150. The van der Waals surface area contributed by atoms with Crippen molar-refractivity contribution in [2.24, 2.45) is 0 Å². The smallest absolute Gasteiger partial charge is 0.255 e. The highest BCUT2D eigenvalue weighted by Crippen LogP contribution is 2.33. The van der Waals surface area contributed by atoms with Crippen LogP contribution in [0, 0.1) is 0 Å². The van der Waals surface area contributed by atoms with Crippen molar-refractivity contribution in [3.05, 3.63) is 29.3 Å². The number of nitrogens with zero attached hydrogens (tertiary/aromatic N) is 2. The van der Waals surface area contributed by atoms with Gasteiger partial charge in [-0.05, 0) is 62.5 Å². The Morgan fingerprint density at radius 3 is 2.66 bits per heavy atom. The van der Waals surface area contributed by atoms with Gasteiger partial charge in [0.15, 0.2) is 0 Å². The molecule has 3 atom stereocenters. The fourth-order valence-electron chi connectivity index (χ4n) is 4.95. The van der Waals surface area contributed by atoms with Crippen molar-refractivity contribution >= 4 is 17.7 Å². The number of hydrogen-bond donors (Lipinski definition) is 1. The molecule has 1 aromatic carbocycles. The first kappa shape index (κ1) is 19.9. The number of hydrogen-bond acceptors (Lipinski definition) is 5. The summed E-state index contributed by atoms with van der Waals surface area (Å²) in [4.78, 5) is 40.4. The number of piperidine rings is 1. The molecule has 1 saturated carbocycles. The zero-order chi connectivity index (χ0) is 20.5. The summed E-state index contributed by atoms with van der Waals surface area (Å²) in [6.07, 6.45) is 4.16. The summed E-state index contributed by atoms with van der Waals surface area (Å²) in [6.45, 7) is 6.77. The number of fused-ring (bicyclic) bond motifs is 1. The number of likely N-dealkylation sites (N-methyl/N-ethyl adjacent to an activating group) is 1. The molecule has 156 valence electrons. The lowest BCUT2D eigenvalue weighted by atomic mass is 10.0. The van der Waals surface area contributed by atoms with Crippen molar-refractivity contribution in [1.82, 2.24) is 15.1 Å². The standard InChI is InChI=1S/C22H29N3O4/c1-3-24(4-2)17-6-5-7-19(17)29-15-8-9-16-14(12-15)13-25(22(16)28)18-10-11-20(26)23-21(18)27/h8-9,12,17-19H,3-7,10-11,13H2,1-2H3,(H,23,26,27)/t17-,18?,19-/m1/s1. The zero-order valence-electron chi connectivity index (χ0n) is 17.1. The van der Waals surface area contributed by atoms with E-state index in [9.17, 15) is 14.4 Å². The highest BCUT2D eigenvalue weighted by atomic mass is 16.5. The monoisotopic (exact) mass is 399 g/mol. The first-order valence-corrected chi connectivity index (χ1v) is 10.7. The van der Waals surface area contributed by atoms with E-state index in [1.165, 1.54) is 6.42 Å². The Morgan fingerprint density at radius 2 is 1.93 bits per heavy atom. The molecule has 4 rings (SSSR count). The van der Waals surface area contributed by atoms with Crippen LogP contribution in [-0.2, 0) is 16.1 Å². The Bertz CT molecular complexity index is 820. The summed E-state index contributed by atoms with van der Waals surface area (Å²) in [6, 6.07) is 5.46. The Labute approximate surface area is 171 Å². The van der Waals surface area contributed by atoms with Crippen LogP contribution in [0.1, 0.15) is 61.9 Å². The van der Waals surface area contributed by atoms with Crippen LogP contribution in [0.3, 0.4) is 0 Å². The highest BCUT2D eigenvalue weighted by molar-refractivity contribution is 6.05. The second-order valence-corrected chi connectivity index (χ2v) is 8.09. The number of amides is 3. The maximum absolute atomic E-state index is 12.8. The van der Waals surface area contributed by atoms with Gasteiger partial charge in [-0.1, -0.05) is 13.8 Å². The van der Waals surface area contributed by atoms with Gasteiger partial charge in [-0.2, -0.15) is 0 Å². The van der Waals surface area contributed by atoms with Crippen molar-refractivity contribution < 1.29 is 19.1 Å². The van der Waals surface area contributed by atoms with Gasteiger partial charge in [0.05, 0.1) is 0 Å². The number of benzene rings is 1. The number of carbonyl (C=O) groups is 3. The molecular formula is C22H29N3O4. The largest absolute Gasteiger partial charge is 0.489 e. The summed E-state index contributed by atoms with van der Waals surface area (Å²) in [7, 11) is 0. The SMILES string of the molecule is CCN(CC)[C@@H]1CCC[C@H]1Oc1ccc2c(c1)CN(C1CCC(=O)NC1=O)C2=O. The Balaban J connectivity index is 1.48. The molecule has 29 heavy (non-hydrogen) atoms. The van der Waals surface area contributed by atoms with Crippen molar-refractivity contribution in [1.29, 1.82) is 0 Å². The molecule has 1 unspecified atom stereocenters. The highest BCUT2D eigenvalue weighted by Gasteiger charge is 2.39. The van der Waals surface area contributed by atoms with Crippen LogP contribution in [-0.4, -0.2) is 58.8 Å². The molecule has 0 radical (unpaired) electrons. The maximum atomic E-state index is 12.8. The lowest BCUT2D eigenvalue weighted by molar-refractivity contribution is -0.136. The number of rotatable bonds is 6. The average Bonchev–Trinajstić information content (AvgIpc) is 3.28. The number of imide groups is 1. The molecule has 1 saturated heterocycles. The van der Waals surface area contributed by atoms with Gasteiger partial charge >= 0.3 is 0 Å². The quantitative estimate of drug-likeness (QED) is 0.741. The van der Waals surface area contributed by atoms with E-state index in [0.29, 0.717) is 24.6 Å². The third-order valence-corrected chi connectivity index (χ3v) is 6.48. The predicted octanol–water partition coefficient (Wildman–Crippen LogP) is 2.09. The molecule has 3 amide bonds. The van der Waals surface area contributed by atoms with Crippen molar-refractivity contribution in [3.8, 4) is 5.75 Å². The predicted molar refractivity (Wildman–Crippen MR) is 107 cm³/mol. The average molecular weight is 399 g/mol. The molecule has 1 N–H and O–H groups in total. The number of nitrogens with one attached hydrogen (secondary N) is 1. The summed E-state index contributed by atoms with van der Waals surface area (Å²) >= 11 is 0. The minimum atomic E-state index is -0.584. The Hall–Kier alpha value is -2.41. The summed E-state index contributed by atoms with van der Waals surface area (Å²) in [5.74, 6) is -0.0222. The fourth-order valence-corrected chi connectivity index (χ4v) is 4.95. The molecule has 0 aromatic heterocycles. The molecule has 2 fully saturated rings. The van der Waals surface area contributed by atoms with Crippen LogP contribution in [0.2, 0.25) is 0 Å². The van der Waals surface area contributed by atoms with Gasteiger partial charge in [-0.15, -0.1) is 0 Å². The Morgan fingerprint density at radius 1 is 1.14 bits per heavy atom. The van der Waals surface area contributed by atoms with Crippen LogP contribution >= 0.6 is 0 Å². The molecule has 2 heterocycles. The van der Waals surface area contributed by atoms with Crippen molar-refractivity contribution in [2.75, 3.05) is 13.1 Å². The maximum Gasteiger partial charge on any atom is 0.255 e. The first-order valence-electron chi connectivity index (χ1n) is 10.7. The molecular weight excluding hydrogens is 370 g/mol. The summed E-state index contributed by atoms with van der Waals surface area (Å²) in [5.41, 5.74) is 1.50. The van der Waals surface area contributed by atoms with E-state index in [1.807, 2.05) is 12.1 Å². The van der Waals surface area contributed by atoms with E-state index < -0.39 is 6.04 Å². The molecule has 0 bridgehead atoms. The van der Waals surface area contributed by atoms with Crippen LogP contribution < -0.4 is 10.1 Å². The zero-order valence-corrected chi connectivity index (χ0v) is 17.1. The molecule has 1 aromatic rings. The first-order chi connectivity index (χ1) is 14.0. The molecule has 7 nitrogen and oxygen atoms in total. The Kier molecular flexibility index (Phi) is 5.58. The van der Waals surface area contributed by atoms with Crippen molar-refractivity contribution in [2.45, 2.75) is 70.7 Å². The van der Waals surface area contributed by atoms with E-state index in [4.69, 9.17) is 4.74 Å². The second-order valence-electron chi connectivity index (χ2n) is 8.09. The third-order valence-electron chi connectivity index (χ3n) is 6.48. The van der Waals surface area contributed by atoms with E-state index in [1.54, 1.807) is 11.0 Å². The normalized spacial score (nSPS) is 26.8. The molecule has 2 aliphatic heterocycles.